The van der Waals surface area contributed by atoms with Gasteiger partial charge in [0.05, 0.1) is 16.6 Å². The summed E-state index contributed by atoms with van der Waals surface area (Å²) in [5, 5.41) is 6.01. The molecule has 0 saturated heterocycles. The monoisotopic (exact) mass is 299 g/mol. The van der Waals surface area contributed by atoms with Crippen LogP contribution in [0.25, 0.3) is 11.3 Å². The molecule has 3 N–H and O–H groups in total. The molecule has 1 aromatic carbocycles. The Morgan fingerprint density at radius 2 is 2.10 bits per heavy atom. The molecular formula is C16H17N3OS. The van der Waals surface area contributed by atoms with E-state index in [2.05, 4.69) is 10.3 Å². The zero-order valence-electron chi connectivity index (χ0n) is 11.7. The highest BCUT2D eigenvalue weighted by Gasteiger charge is 2.22. The summed E-state index contributed by atoms with van der Waals surface area (Å²) in [5.74, 6) is -0.127. The second-order valence-corrected chi connectivity index (χ2v) is 6.27. The van der Waals surface area contributed by atoms with Gasteiger partial charge in [0.15, 0.2) is 0 Å². The van der Waals surface area contributed by atoms with E-state index in [9.17, 15) is 4.79 Å². The van der Waals surface area contributed by atoms with Crippen LogP contribution in [0, 0.1) is 12.8 Å². The van der Waals surface area contributed by atoms with E-state index in [-0.39, 0.29) is 17.9 Å². The molecule has 0 aliphatic heterocycles. The number of hydrogen-bond acceptors (Lipinski definition) is 4. The Balaban J connectivity index is 1.67. The third-order valence-corrected chi connectivity index (χ3v) is 4.29. The molecule has 0 fully saturated rings. The third-order valence-electron chi connectivity index (χ3n) is 3.52. The maximum absolute atomic E-state index is 12.1. The van der Waals surface area contributed by atoms with Crippen molar-refractivity contribution in [2.75, 3.05) is 5.32 Å². The number of benzene rings is 1. The molecule has 2 aromatic rings. The van der Waals surface area contributed by atoms with Crippen LogP contribution in [0.3, 0.4) is 0 Å². The summed E-state index contributed by atoms with van der Waals surface area (Å²) >= 11 is 1.63. The van der Waals surface area contributed by atoms with Gasteiger partial charge in [-0.1, -0.05) is 24.3 Å². The van der Waals surface area contributed by atoms with Crippen molar-refractivity contribution in [2.45, 2.75) is 19.4 Å². The van der Waals surface area contributed by atoms with Crippen molar-refractivity contribution in [3.8, 4) is 11.3 Å². The van der Waals surface area contributed by atoms with Crippen molar-refractivity contribution in [3.05, 3.63) is 46.8 Å². The first-order chi connectivity index (χ1) is 10.1. The van der Waals surface area contributed by atoms with Crippen molar-refractivity contribution >= 4 is 22.9 Å². The lowest BCUT2D eigenvalue weighted by Crippen LogP contribution is -2.23. The number of anilines is 1. The zero-order chi connectivity index (χ0) is 14.8. The zero-order valence-corrected chi connectivity index (χ0v) is 12.6. The van der Waals surface area contributed by atoms with E-state index in [4.69, 9.17) is 5.73 Å². The number of carbonyl (C=O) groups excluding carboxylic acids is 1. The van der Waals surface area contributed by atoms with E-state index in [1.807, 2.05) is 48.7 Å². The van der Waals surface area contributed by atoms with Crippen molar-refractivity contribution in [2.24, 2.45) is 11.7 Å². The smallest absolute Gasteiger partial charge is 0.231 e. The van der Waals surface area contributed by atoms with Crippen LogP contribution >= 0.6 is 11.3 Å². The van der Waals surface area contributed by atoms with Crippen LogP contribution < -0.4 is 11.1 Å². The Kier molecular flexibility index (Phi) is 3.86. The normalized spacial score (nSPS) is 20.7. The first kappa shape index (κ1) is 14.0. The number of rotatable bonds is 3. The van der Waals surface area contributed by atoms with E-state index in [0.717, 1.165) is 22.0 Å². The predicted octanol–water partition coefficient (Wildman–Crippen LogP) is 2.96. The molecule has 0 radical (unpaired) electrons. The largest absolute Gasteiger partial charge is 0.326 e. The van der Waals surface area contributed by atoms with Gasteiger partial charge in [0.25, 0.3) is 0 Å². The highest BCUT2D eigenvalue weighted by atomic mass is 32.1. The first-order valence-corrected chi connectivity index (χ1v) is 7.77. The SMILES string of the molecule is Cc1nc(-c2ccc(NC(=O)C3C=CC(N)C3)cc2)cs1. The molecule has 0 saturated carbocycles. The lowest BCUT2D eigenvalue weighted by molar-refractivity contribution is -0.118. The van der Waals surface area contributed by atoms with E-state index >= 15 is 0 Å². The molecule has 21 heavy (non-hydrogen) atoms. The number of aromatic nitrogens is 1. The fourth-order valence-corrected chi connectivity index (χ4v) is 3.00. The van der Waals surface area contributed by atoms with E-state index in [1.54, 1.807) is 11.3 Å². The van der Waals surface area contributed by atoms with Gasteiger partial charge in [-0.2, -0.15) is 0 Å². The molecular weight excluding hydrogens is 282 g/mol. The van der Waals surface area contributed by atoms with Crippen molar-refractivity contribution in [1.82, 2.24) is 4.98 Å². The summed E-state index contributed by atoms with van der Waals surface area (Å²) in [4.78, 5) is 16.5. The highest BCUT2D eigenvalue weighted by Crippen LogP contribution is 2.24. The van der Waals surface area contributed by atoms with Gasteiger partial charge < -0.3 is 11.1 Å². The number of aryl methyl sites for hydroxylation is 1. The number of nitrogens with zero attached hydrogens (tertiary/aromatic N) is 1. The second kappa shape index (κ2) is 5.79. The molecule has 2 atom stereocenters. The number of carbonyl (C=O) groups is 1. The molecule has 0 spiro atoms. The van der Waals surface area contributed by atoms with Crippen molar-refractivity contribution < 1.29 is 4.79 Å². The summed E-state index contributed by atoms with van der Waals surface area (Å²) < 4.78 is 0. The summed E-state index contributed by atoms with van der Waals surface area (Å²) in [5.41, 5.74) is 8.59. The van der Waals surface area contributed by atoms with Gasteiger partial charge >= 0.3 is 0 Å². The Morgan fingerprint density at radius 3 is 2.67 bits per heavy atom. The molecule has 4 nitrogen and oxygen atoms in total. The van der Waals surface area contributed by atoms with Gasteiger partial charge in [-0.15, -0.1) is 11.3 Å². The molecule has 5 heteroatoms. The fraction of sp³-hybridized carbons (Fsp3) is 0.250. The summed E-state index contributed by atoms with van der Waals surface area (Å²) in [6, 6.07) is 7.75. The minimum absolute atomic E-state index is 0.00328. The van der Waals surface area contributed by atoms with Gasteiger partial charge in [0.2, 0.25) is 5.91 Å². The quantitative estimate of drug-likeness (QED) is 0.856. The summed E-state index contributed by atoms with van der Waals surface area (Å²) in [7, 11) is 0. The van der Waals surface area contributed by atoms with Crippen molar-refractivity contribution in [1.29, 1.82) is 0 Å². The number of amides is 1. The third kappa shape index (κ3) is 3.20. The molecule has 3 rings (SSSR count). The van der Waals surface area contributed by atoms with Crippen LogP contribution in [0.2, 0.25) is 0 Å². The number of nitrogens with one attached hydrogen (secondary N) is 1. The van der Waals surface area contributed by atoms with Crippen LogP contribution in [0.5, 0.6) is 0 Å². The molecule has 2 unspecified atom stereocenters. The average Bonchev–Trinajstić information content (AvgIpc) is 3.08. The van der Waals surface area contributed by atoms with E-state index in [0.29, 0.717) is 6.42 Å². The molecule has 0 bridgehead atoms. The first-order valence-electron chi connectivity index (χ1n) is 6.89. The van der Waals surface area contributed by atoms with Gasteiger partial charge in [0, 0.05) is 22.7 Å². The summed E-state index contributed by atoms with van der Waals surface area (Å²) in [6.07, 6.45) is 4.45. The Morgan fingerprint density at radius 1 is 1.33 bits per heavy atom. The van der Waals surface area contributed by atoms with Gasteiger partial charge in [-0.3, -0.25) is 4.79 Å². The van der Waals surface area contributed by atoms with Gasteiger partial charge in [-0.05, 0) is 25.5 Å². The maximum atomic E-state index is 12.1. The van der Waals surface area contributed by atoms with Crippen LogP contribution in [0.1, 0.15) is 11.4 Å². The fourth-order valence-electron chi connectivity index (χ4n) is 2.38. The number of nitrogens with two attached hydrogens (primary N) is 1. The minimum Gasteiger partial charge on any atom is -0.326 e. The lowest BCUT2D eigenvalue weighted by Gasteiger charge is -2.10. The molecule has 1 aromatic heterocycles. The Labute approximate surface area is 127 Å². The number of hydrogen-bond donors (Lipinski definition) is 2. The van der Waals surface area contributed by atoms with Crippen LogP contribution in [0.15, 0.2) is 41.8 Å². The number of thiazole rings is 1. The topological polar surface area (TPSA) is 68.0 Å². The second-order valence-electron chi connectivity index (χ2n) is 5.21. The van der Waals surface area contributed by atoms with Gasteiger partial charge in [-0.25, -0.2) is 4.98 Å². The standard InChI is InChI=1S/C16H17N3OS/c1-10-18-15(9-21-10)11-3-6-14(7-4-11)19-16(20)12-2-5-13(17)8-12/h2-7,9,12-13H,8,17H2,1H3,(H,19,20). The molecule has 1 aliphatic rings. The Bertz CT molecular complexity index is 675. The van der Waals surface area contributed by atoms with Crippen LogP contribution in [-0.4, -0.2) is 16.9 Å². The predicted molar refractivity (Wildman–Crippen MR) is 86.1 cm³/mol. The van der Waals surface area contributed by atoms with Crippen molar-refractivity contribution in [3.63, 3.8) is 0 Å². The molecule has 108 valence electrons. The minimum atomic E-state index is -0.124. The molecule has 1 amide bonds. The van der Waals surface area contributed by atoms with Crippen LogP contribution in [-0.2, 0) is 4.79 Å². The van der Waals surface area contributed by atoms with Crippen LogP contribution in [0.4, 0.5) is 5.69 Å². The van der Waals surface area contributed by atoms with Gasteiger partial charge in [0.1, 0.15) is 0 Å². The average molecular weight is 299 g/mol. The summed E-state index contributed by atoms with van der Waals surface area (Å²) in [6.45, 7) is 1.99. The molecule has 1 heterocycles. The van der Waals surface area contributed by atoms with E-state index < -0.39 is 0 Å². The lowest BCUT2D eigenvalue weighted by atomic mass is 10.1. The maximum Gasteiger partial charge on any atom is 0.231 e. The Hall–Kier alpha value is -1.98. The molecule has 1 aliphatic carbocycles. The highest BCUT2D eigenvalue weighted by molar-refractivity contribution is 7.09. The van der Waals surface area contributed by atoms with E-state index in [1.165, 1.54) is 0 Å².